The van der Waals surface area contributed by atoms with Gasteiger partial charge in [0.25, 0.3) is 0 Å². The van der Waals surface area contributed by atoms with Gasteiger partial charge in [-0.3, -0.25) is 9.78 Å². The van der Waals surface area contributed by atoms with Crippen molar-refractivity contribution in [2.75, 3.05) is 6.79 Å². The lowest BCUT2D eigenvalue weighted by Crippen LogP contribution is -2.57. The predicted octanol–water partition coefficient (Wildman–Crippen LogP) is 4.66. The van der Waals surface area contributed by atoms with E-state index in [4.69, 9.17) is 19.4 Å². The number of fused-ring (bicyclic) bond motifs is 4. The number of ether oxygens (including phenoxy) is 2. The highest BCUT2D eigenvalue weighted by molar-refractivity contribution is 5.78. The number of nitrogens with zero attached hydrogens (tertiary/aromatic N) is 2. The van der Waals surface area contributed by atoms with Gasteiger partial charge < -0.3 is 19.8 Å². The zero-order valence-electron chi connectivity index (χ0n) is 19.0. The van der Waals surface area contributed by atoms with Crippen LogP contribution >= 0.6 is 0 Å². The van der Waals surface area contributed by atoms with Crippen molar-refractivity contribution in [3.05, 3.63) is 47.9 Å². The van der Waals surface area contributed by atoms with E-state index >= 15 is 0 Å². The molecule has 2 aromatic heterocycles. The lowest BCUT2D eigenvalue weighted by molar-refractivity contribution is -0.122. The van der Waals surface area contributed by atoms with Crippen molar-refractivity contribution < 1.29 is 14.3 Å². The Balaban J connectivity index is 1.42. The molecule has 3 aliphatic carbocycles. The molecular formula is C26H28N4O3. The molecule has 7 rings (SSSR count). The average molecular weight is 445 g/mol. The molecule has 3 saturated carbocycles. The van der Waals surface area contributed by atoms with Crippen molar-refractivity contribution in [2.45, 2.75) is 63.3 Å². The maximum Gasteiger partial charge on any atom is 0.231 e. The van der Waals surface area contributed by atoms with E-state index in [-0.39, 0.29) is 23.7 Å². The van der Waals surface area contributed by atoms with Gasteiger partial charge in [-0.05, 0) is 75.8 Å². The third-order valence-corrected chi connectivity index (χ3v) is 7.68. The van der Waals surface area contributed by atoms with Crippen LogP contribution < -0.4 is 14.8 Å². The highest BCUT2D eigenvalue weighted by Crippen LogP contribution is 2.53. The van der Waals surface area contributed by atoms with Crippen LogP contribution in [0.1, 0.15) is 57.0 Å². The molecule has 2 N–H and O–H groups in total. The summed E-state index contributed by atoms with van der Waals surface area (Å²) in [5, 5.41) is 3.24. The number of hydrogen-bond donors (Lipinski definition) is 2. The average Bonchev–Trinajstić information content (AvgIpc) is 3.47. The number of imidazole rings is 1. The van der Waals surface area contributed by atoms with E-state index < -0.39 is 0 Å². The number of rotatable bonds is 4. The number of aromatic amines is 1. The molecule has 0 spiro atoms. The number of hydrogen-bond acceptors (Lipinski definition) is 5. The van der Waals surface area contributed by atoms with Crippen LogP contribution in [0.3, 0.4) is 0 Å². The molecule has 33 heavy (non-hydrogen) atoms. The van der Waals surface area contributed by atoms with Gasteiger partial charge in [0.1, 0.15) is 5.82 Å². The van der Waals surface area contributed by atoms with Gasteiger partial charge in [0, 0.05) is 29.1 Å². The van der Waals surface area contributed by atoms with Crippen LogP contribution in [-0.4, -0.2) is 33.2 Å². The van der Waals surface area contributed by atoms with E-state index in [9.17, 15) is 4.79 Å². The zero-order valence-corrected chi connectivity index (χ0v) is 19.0. The van der Waals surface area contributed by atoms with E-state index in [0.717, 1.165) is 84.2 Å². The molecule has 3 aromatic rings. The summed E-state index contributed by atoms with van der Waals surface area (Å²) >= 11 is 0. The van der Waals surface area contributed by atoms with Crippen LogP contribution in [0.5, 0.6) is 11.5 Å². The molecule has 1 aromatic carbocycles. The minimum absolute atomic E-state index is 0.00732. The van der Waals surface area contributed by atoms with Gasteiger partial charge in [-0.15, -0.1) is 0 Å². The van der Waals surface area contributed by atoms with Gasteiger partial charge in [0.2, 0.25) is 12.7 Å². The fraction of sp³-hybridized carbons (Fsp3) is 0.423. The molecular weight excluding hydrogens is 416 g/mol. The Labute approximate surface area is 192 Å². The fourth-order valence-electron chi connectivity index (χ4n) is 5.85. The van der Waals surface area contributed by atoms with Gasteiger partial charge in [-0.25, -0.2) is 4.98 Å². The first-order valence-corrected chi connectivity index (χ1v) is 11.7. The number of amides is 1. The van der Waals surface area contributed by atoms with Gasteiger partial charge in [0.15, 0.2) is 11.5 Å². The number of aromatic nitrogens is 3. The molecule has 7 heteroatoms. The SMILES string of the molecule is CC(=O)NC12CCC(c3nc(-c4ccc5c(c4)OCO5)c(-c4cccc(C)n4)[nH]3)(CC1)CC2. The van der Waals surface area contributed by atoms with E-state index in [0.29, 0.717) is 0 Å². The van der Waals surface area contributed by atoms with E-state index in [2.05, 4.69) is 10.3 Å². The Morgan fingerprint density at radius 1 is 1.00 bits per heavy atom. The summed E-state index contributed by atoms with van der Waals surface area (Å²) < 4.78 is 11.1. The maximum atomic E-state index is 11.8. The van der Waals surface area contributed by atoms with Crippen LogP contribution in [0, 0.1) is 6.92 Å². The summed E-state index contributed by atoms with van der Waals surface area (Å²) in [5.41, 5.74) is 4.63. The quantitative estimate of drug-likeness (QED) is 0.611. The molecule has 0 radical (unpaired) electrons. The van der Waals surface area contributed by atoms with Crippen LogP contribution in [0.4, 0.5) is 0 Å². The molecule has 3 heterocycles. The minimum Gasteiger partial charge on any atom is -0.454 e. The number of carbonyl (C=O) groups is 1. The molecule has 7 nitrogen and oxygen atoms in total. The third kappa shape index (κ3) is 3.37. The molecule has 3 fully saturated rings. The molecule has 0 saturated heterocycles. The Morgan fingerprint density at radius 2 is 1.76 bits per heavy atom. The van der Waals surface area contributed by atoms with Gasteiger partial charge >= 0.3 is 0 Å². The molecule has 0 unspecified atom stereocenters. The second-order valence-electron chi connectivity index (χ2n) is 9.78. The first kappa shape index (κ1) is 20.3. The number of benzene rings is 1. The normalized spacial score (nSPS) is 25.3. The van der Waals surface area contributed by atoms with Crippen LogP contribution in [0.2, 0.25) is 0 Å². The monoisotopic (exact) mass is 444 g/mol. The number of carbonyl (C=O) groups excluding carboxylic acids is 1. The summed E-state index contributed by atoms with van der Waals surface area (Å²) in [4.78, 5) is 25.5. The van der Waals surface area contributed by atoms with Crippen molar-refractivity contribution in [3.8, 4) is 34.1 Å². The maximum absolute atomic E-state index is 11.8. The van der Waals surface area contributed by atoms with Crippen LogP contribution in [-0.2, 0) is 10.2 Å². The Bertz CT molecular complexity index is 1220. The van der Waals surface area contributed by atoms with Gasteiger partial charge in [-0.2, -0.15) is 0 Å². The molecule has 4 aliphatic rings. The Hall–Kier alpha value is -3.35. The molecule has 2 bridgehead atoms. The summed E-state index contributed by atoms with van der Waals surface area (Å²) in [5.74, 6) is 2.61. The highest BCUT2D eigenvalue weighted by atomic mass is 16.7. The molecule has 1 amide bonds. The van der Waals surface area contributed by atoms with Crippen LogP contribution in [0.15, 0.2) is 36.4 Å². The smallest absolute Gasteiger partial charge is 0.231 e. The Morgan fingerprint density at radius 3 is 2.48 bits per heavy atom. The summed E-state index contributed by atoms with van der Waals surface area (Å²) in [6.45, 7) is 3.87. The minimum atomic E-state index is -0.0404. The summed E-state index contributed by atoms with van der Waals surface area (Å²) in [7, 11) is 0. The largest absolute Gasteiger partial charge is 0.454 e. The second kappa shape index (κ2) is 7.33. The first-order chi connectivity index (χ1) is 16.0. The van der Waals surface area contributed by atoms with Crippen molar-refractivity contribution >= 4 is 5.91 Å². The lowest BCUT2D eigenvalue weighted by Gasteiger charge is -2.52. The molecule has 0 atom stereocenters. The van der Waals surface area contributed by atoms with E-state index in [1.165, 1.54) is 0 Å². The zero-order chi connectivity index (χ0) is 22.6. The molecule has 1 aliphatic heterocycles. The van der Waals surface area contributed by atoms with Crippen LogP contribution in [0.25, 0.3) is 22.6 Å². The topological polar surface area (TPSA) is 89.1 Å². The second-order valence-corrected chi connectivity index (χ2v) is 9.78. The first-order valence-electron chi connectivity index (χ1n) is 11.7. The number of aryl methyl sites for hydroxylation is 1. The third-order valence-electron chi connectivity index (χ3n) is 7.68. The van der Waals surface area contributed by atoms with Crippen molar-refractivity contribution in [3.63, 3.8) is 0 Å². The van der Waals surface area contributed by atoms with E-state index in [1.807, 2.05) is 43.3 Å². The number of H-pyrrole nitrogens is 1. The lowest BCUT2D eigenvalue weighted by atomic mass is 9.57. The van der Waals surface area contributed by atoms with Gasteiger partial charge in [0.05, 0.1) is 17.1 Å². The van der Waals surface area contributed by atoms with E-state index in [1.54, 1.807) is 6.92 Å². The predicted molar refractivity (Wildman–Crippen MR) is 124 cm³/mol. The number of pyridine rings is 1. The molecule has 170 valence electrons. The summed E-state index contributed by atoms with van der Waals surface area (Å²) in [6.07, 6.45) is 6.02. The Kier molecular flexibility index (Phi) is 4.50. The summed E-state index contributed by atoms with van der Waals surface area (Å²) in [6, 6.07) is 12.0. The van der Waals surface area contributed by atoms with Crippen molar-refractivity contribution in [2.24, 2.45) is 0 Å². The van der Waals surface area contributed by atoms with Gasteiger partial charge in [-0.1, -0.05) is 6.07 Å². The fourth-order valence-corrected chi connectivity index (χ4v) is 5.85. The number of nitrogens with one attached hydrogen (secondary N) is 2. The van der Waals surface area contributed by atoms with Crippen molar-refractivity contribution in [1.82, 2.24) is 20.3 Å². The highest BCUT2D eigenvalue weighted by Gasteiger charge is 2.51. The van der Waals surface area contributed by atoms with Crippen molar-refractivity contribution in [1.29, 1.82) is 0 Å². The standard InChI is InChI=1S/C26H28N4O3/c1-16-4-3-5-19(27-16)23-22(18-6-7-20-21(14-18)33-15-32-20)28-24(29-23)25-8-11-26(12-9-25,13-10-25)30-17(2)31/h3-7,14H,8-13,15H2,1-2H3,(H,28,29)(H,30,31).